The molecule has 3 aromatic rings. The number of ether oxygens (including phenoxy) is 1. The summed E-state index contributed by atoms with van der Waals surface area (Å²) in [6, 6.07) is 9.25. The summed E-state index contributed by atoms with van der Waals surface area (Å²) < 4.78 is 7.97. The summed E-state index contributed by atoms with van der Waals surface area (Å²) in [6.07, 6.45) is 3.62. The summed E-state index contributed by atoms with van der Waals surface area (Å²) in [6.45, 7) is 3.87. The van der Waals surface area contributed by atoms with Crippen molar-refractivity contribution in [3.05, 3.63) is 64.0 Å². The third kappa shape index (κ3) is 2.71. The van der Waals surface area contributed by atoms with Gasteiger partial charge in [0.2, 0.25) is 0 Å². The second kappa shape index (κ2) is 5.58. The molecule has 0 saturated heterocycles. The molecule has 0 aliphatic carbocycles. The van der Waals surface area contributed by atoms with Crippen LogP contribution in [0.1, 0.15) is 24.3 Å². The average Bonchev–Trinajstić information content (AvgIpc) is 2.80. The maximum Gasteiger partial charge on any atom is 0.179 e. The zero-order valence-electron chi connectivity index (χ0n) is 11.7. The minimum absolute atomic E-state index is 0.269. The molecule has 0 bridgehead atoms. The molecule has 5 heteroatoms. The van der Waals surface area contributed by atoms with Crippen LogP contribution in [0.5, 0.6) is 5.75 Å². The third-order valence-corrected chi connectivity index (χ3v) is 3.94. The van der Waals surface area contributed by atoms with E-state index >= 15 is 0 Å². The predicted molar refractivity (Wildman–Crippen MR) is 85.4 cm³/mol. The van der Waals surface area contributed by atoms with Gasteiger partial charge in [-0.1, -0.05) is 29.3 Å². The normalized spacial score (nSPS) is 12.6. The summed E-state index contributed by atoms with van der Waals surface area (Å²) in [7, 11) is 0. The first kappa shape index (κ1) is 14.2. The lowest BCUT2D eigenvalue weighted by atomic mass is 10.1. The van der Waals surface area contributed by atoms with Crippen molar-refractivity contribution in [2.75, 3.05) is 0 Å². The number of halogens is 2. The molecule has 3 nitrogen and oxygen atoms in total. The van der Waals surface area contributed by atoms with E-state index in [0.717, 1.165) is 16.9 Å². The van der Waals surface area contributed by atoms with Crippen molar-refractivity contribution in [1.29, 1.82) is 0 Å². The molecule has 0 saturated carbocycles. The highest BCUT2D eigenvalue weighted by atomic mass is 35.5. The van der Waals surface area contributed by atoms with Crippen LogP contribution in [-0.4, -0.2) is 9.38 Å². The van der Waals surface area contributed by atoms with Gasteiger partial charge >= 0.3 is 0 Å². The van der Waals surface area contributed by atoms with Crippen molar-refractivity contribution in [1.82, 2.24) is 9.38 Å². The van der Waals surface area contributed by atoms with Gasteiger partial charge in [0.05, 0.1) is 5.69 Å². The lowest BCUT2D eigenvalue weighted by molar-refractivity contribution is 0.229. The molecule has 0 amide bonds. The molecule has 21 heavy (non-hydrogen) atoms. The fourth-order valence-electron chi connectivity index (χ4n) is 2.35. The van der Waals surface area contributed by atoms with Crippen LogP contribution in [0.4, 0.5) is 0 Å². The Hall–Kier alpha value is -1.71. The number of hydrogen-bond donors (Lipinski definition) is 0. The Morgan fingerprint density at radius 2 is 1.86 bits per heavy atom. The smallest absolute Gasteiger partial charge is 0.179 e. The highest BCUT2D eigenvalue weighted by molar-refractivity contribution is 6.36. The van der Waals surface area contributed by atoms with Crippen LogP contribution in [0.15, 0.2) is 42.7 Å². The lowest BCUT2D eigenvalue weighted by Gasteiger charge is -2.18. The summed E-state index contributed by atoms with van der Waals surface area (Å²) in [5, 5.41) is 1.20. The molecular weight excluding hydrogens is 307 g/mol. The molecule has 0 fully saturated rings. The van der Waals surface area contributed by atoms with Crippen LogP contribution < -0.4 is 4.74 Å². The first-order valence-electron chi connectivity index (χ1n) is 6.61. The molecular formula is C16H14Cl2N2O. The molecule has 0 aliphatic rings. The van der Waals surface area contributed by atoms with Crippen molar-refractivity contribution in [2.45, 2.75) is 20.0 Å². The van der Waals surface area contributed by atoms with E-state index in [0.29, 0.717) is 15.8 Å². The van der Waals surface area contributed by atoms with Gasteiger partial charge in [-0.25, -0.2) is 4.98 Å². The van der Waals surface area contributed by atoms with Gasteiger partial charge in [0.15, 0.2) is 11.4 Å². The first-order valence-corrected chi connectivity index (χ1v) is 7.36. The van der Waals surface area contributed by atoms with Gasteiger partial charge in [-0.05, 0) is 38.1 Å². The third-order valence-electron chi connectivity index (χ3n) is 3.28. The van der Waals surface area contributed by atoms with Crippen molar-refractivity contribution >= 4 is 28.8 Å². The minimum Gasteiger partial charge on any atom is -0.482 e. The summed E-state index contributed by atoms with van der Waals surface area (Å²) in [5.74, 6) is 0.703. The average molecular weight is 321 g/mol. The highest BCUT2D eigenvalue weighted by Crippen LogP contribution is 2.33. The molecule has 108 valence electrons. The fraction of sp³-hybridized carbons (Fsp3) is 0.188. The molecule has 0 N–H and O–H groups in total. The van der Waals surface area contributed by atoms with E-state index in [4.69, 9.17) is 27.9 Å². The molecule has 0 radical (unpaired) electrons. The second-order valence-electron chi connectivity index (χ2n) is 4.88. The van der Waals surface area contributed by atoms with Gasteiger partial charge < -0.3 is 9.14 Å². The van der Waals surface area contributed by atoms with Crippen LogP contribution >= 0.6 is 23.2 Å². The number of fused-ring (bicyclic) bond motifs is 1. The Morgan fingerprint density at radius 1 is 1.14 bits per heavy atom. The Morgan fingerprint density at radius 3 is 2.57 bits per heavy atom. The Labute approximate surface area is 133 Å². The predicted octanol–water partition coefficient (Wildman–Crippen LogP) is 5.09. The van der Waals surface area contributed by atoms with E-state index in [9.17, 15) is 0 Å². The Kier molecular flexibility index (Phi) is 3.79. The monoisotopic (exact) mass is 320 g/mol. The second-order valence-corrected chi connectivity index (χ2v) is 5.70. The molecule has 0 aliphatic heterocycles. The van der Waals surface area contributed by atoms with Crippen LogP contribution in [0.25, 0.3) is 5.65 Å². The van der Waals surface area contributed by atoms with E-state index in [1.165, 1.54) is 0 Å². The fourth-order valence-corrected chi connectivity index (χ4v) is 3.05. The van der Waals surface area contributed by atoms with Gasteiger partial charge in [-0.2, -0.15) is 0 Å². The molecule has 2 heterocycles. The summed E-state index contributed by atoms with van der Waals surface area (Å²) in [4.78, 5) is 4.48. The number of aryl methyl sites for hydroxylation is 1. The molecule has 1 atom stereocenters. The number of rotatable bonds is 3. The number of aromatic nitrogens is 2. The maximum absolute atomic E-state index is 6.23. The molecule has 0 spiro atoms. The largest absolute Gasteiger partial charge is 0.482 e. The zero-order chi connectivity index (χ0) is 15.0. The topological polar surface area (TPSA) is 26.5 Å². The summed E-state index contributed by atoms with van der Waals surface area (Å²) in [5.41, 5.74) is 2.51. The standard InChI is InChI=1S/C16H14Cl2N2O/c1-10-9-20-8-4-7-14(16(20)19-10)21-11(2)15-12(17)5-3-6-13(15)18/h3-9,11H,1-2H3. The van der Waals surface area contributed by atoms with Crippen LogP contribution in [0, 0.1) is 6.92 Å². The minimum atomic E-state index is -0.269. The zero-order valence-corrected chi connectivity index (χ0v) is 13.2. The molecule has 3 rings (SSSR count). The number of imidazole rings is 1. The van der Waals surface area contributed by atoms with Gasteiger partial charge in [0, 0.05) is 28.0 Å². The van der Waals surface area contributed by atoms with E-state index < -0.39 is 0 Å². The Bertz CT molecular complexity index is 778. The van der Waals surface area contributed by atoms with Crippen molar-refractivity contribution < 1.29 is 4.74 Å². The molecule has 2 aromatic heterocycles. The van der Waals surface area contributed by atoms with Crippen LogP contribution in [-0.2, 0) is 0 Å². The number of hydrogen-bond acceptors (Lipinski definition) is 2. The van der Waals surface area contributed by atoms with Crippen molar-refractivity contribution in [2.24, 2.45) is 0 Å². The quantitative estimate of drug-likeness (QED) is 0.672. The highest BCUT2D eigenvalue weighted by Gasteiger charge is 2.17. The van der Waals surface area contributed by atoms with Gasteiger partial charge in [0.25, 0.3) is 0 Å². The van der Waals surface area contributed by atoms with Crippen LogP contribution in [0.2, 0.25) is 10.0 Å². The Balaban J connectivity index is 1.98. The van der Waals surface area contributed by atoms with Gasteiger partial charge in [-0.3, -0.25) is 0 Å². The number of pyridine rings is 1. The summed E-state index contributed by atoms with van der Waals surface area (Å²) >= 11 is 12.5. The van der Waals surface area contributed by atoms with Crippen LogP contribution in [0.3, 0.4) is 0 Å². The lowest BCUT2D eigenvalue weighted by Crippen LogP contribution is -2.05. The first-order chi connectivity index (χ1) is 10.1. The van der Waals surface area contributed by atoms with Gasteiger partial charge in [-0.15, -0.1) is 0 Å². The van der Waals surface area contributed by atoms with E-state index in [1.54, 1.807) is 0 Å². The number of nitrogens with zero attached hydrogens (tertiary/aromatic N) is 2. The van der Waals surface area contributed by atoms with Crippen molar-refractivity contribution in [3.8, 4) is 5.75 Å². The SMILES string of the molecule is Cc1cn2cccc(OC(C)c3c(Cl)cccc3Cl)c2n1. The number of benzene rings is 1. The van der Waals surface area contributed by atoms with E-state index in [2.05, 4.69) is 4.98 Å². The van der Waals surface area contributed by atoms with Gasteiger partial charge in [0.1, 0.15) is 6.10 Å². The molecule has 1 aromatic carbocycles. The van der Waals surface area contributed by atoms with Crippen molar-refractivity contribution in [3.63, 3.8) is 0 Å². The maximum atomic E-state index is 6.23. The van der Waals surface area contributed by atoms with E-state index in [-0.39, 0.29) is 6.10 Å². The molecule has 1 unspecified atom stereocenters. The van der Waals surface area contributed by atoms with E-state index in [1.807, 2.05) is 61.0 Å².